The Kier molecular flexibility index (Phi) is 4.01. The Labute approximate surface area is 123 Å². The van der Waals surface area contributed by atoms with Crippen LogP contribution in [0, 0.1) is 0 Å². The maximum atomic E-state index is 12.8. The van der Waals surface area contributed by atoms with Crippen LogP contribution in [0.15, 0.2) is 9.59 Å². The molecular weight excluding hydrogens is 276 g/mol. The molecule has 0 spiro atoms. The number of H-pyrrole nitrogens is 1. The lowest BCUT2D eigenvalue weighted by Crippen LogP contribution is -2.41. The van der Waals surface area contributed by atoms with Gasteiger partial charge in [-0.25, -0.2) is 4.79 Å². The average Bonchev–Trinajstić information content (AvgIpc) is 2.93. The number of rotatable bonds is 2. The maximum Gasteiger partial charge on any atom is 0.329 e. The largest absolute Gasteiger partial charge is 0.329 e. The lowest BCUT2D eigenvalue weighted by atomic mass is 9.94. The van der Waals surface area contributed by atoms with Gasteiger partial charge in [0.2, 0.25) is 0 Å². The van der Waals surface area contributed by atoms with Gasteiger partial charge in [0.1, 0.15) is 5.15 Å². The summed E-state index contributed by atoms with van der Waals surface area (Å²) in [4.78, 5) is 27.6. The van der Waals surface area contributed by atoms with Crippen molar-refractivity contribution in [2.24, 2.45) is 0 Å². The number of halogens is 1. The monoisotopic (exact) mass is 296 g/mol. The van der Waals surface area contributed by atoms with Crippen LogP contribution in [0.4, 0.5) is 0 Å². The molecule has 1 N–H and O–H groups in total. The minimum Gasteiger partial charge on any atom is -0.297 e. The molecule has 0 aromatic carbocycles. The molecule has 0 aliphatic heterocycles. The molecule has 0 radical (unpaired) electrons. The predicted molar refractivity (Wildman–Crippen MR) is 79.7 cm³/mol. The second-order valence-electron chi connectivity index (χ2n) is 6.11. The Morgan fingerprint density at radius 2 is 1.55 bits per heavy atom. The first-order valence-electron chi connectivity index (χ1n) is 7.72. The van der Waals surface area contributed by atoms with E-state index in [0.29, 0.717) is 5.56 Å². The molecule has 2 aliphatic rings. The van der Waals surface area contributed by atoms with Gasteiger partial charge in [-0.1, -0.05) is 43.7 Å². The first-order valence-corrected chi connectivity index (χ1v) is 8.10. The molecular formula is C15H21ClN2O2. The quantitative estimate of drug-likeness (QED) is 0.851. The highest BCUT2D eigenvalue weighted by molar-refractivity contribution is 6.30. The summed E-state index contributed by atoms with van der Waals surface area (Å²) in [5, 5.41) is 0.263. The zero-order chi connectivity index (χ0) is 14.1. The summed E-state index contributed by atoms with van der Waals surface area (Å²) < 4.78 is 1.44. The number of aromatic nitrogens is 2. The minimum atomic E-state index is -0.339. The topological polar surface area (TPSA) is 54.9 Å². The van der Waals surface area contributed by atoms with Crippen molar-refractivity contribution in [3.8, 4) is 0 Å². The lowest BCUT2D eigenvalue weighted by molar-refractivity contribution is 0.334. The van der Waals surface area contributed by atoms with Crippen LogP contribution in [-0.4, -0.2) is 9.55 Å². The lowest BCUT2D eigenvalue weighted by Gasteiger charge is -2.24. The van der Waals surface area contributed by atoms with E-state index in [1.165, 1.54) is 11.0 Å². The standard InChI is InChI=1S/C15H21ClN2O2/c16-13-12(10-6-4-5-7-10)14(19)18(15(20)17-13)11-8-2-1-3-9-11/h10-11H,1-9H2,(H,17,20). The first kappa shape index (κ1) is 13.9. The first-order chi connectivity index (χ1) is 9.68. The summed E-state index contributed by atoms with van der Waals surface area (Å²) in [5.74, 6) is 0.224. The van der Waals surface area contributed by atoms with Crippen molar-refractivity contribution in [2.75, 3.05) is 0 Å². The zero-order valence-electron chi connectivity index (χ0n) is 11.7. The summed E-state index contributed by atoms with van der Waals surface area (Å²) >= 11 is 6.16. The van der Waals surface area contributed by atoms with Gasteiger partial charge in [0.05, 0.1) is 5.56 Å². The smallest absolute Gasteiger partial charge is 0.297 e. The maximum absolute atomic E-state index is 12.8. The Morgan fingerprint density at radius 1 is 0.950 bits per heavy atom. The molecule has 0 amide bonds. The van der Waals surface area contributed by atoms with Gasteiger partial charge in [0, 0.05) is 6.04 Å². The van der Waals surface area contributed by atoms with Crippen LogP contribution in [0.3, 0.4) is 0 Å². The highest BCUT2D eigenvalue weighted by atomic mass is 35.5. The third-order valence-electron chi connectivity index (χ3n) is 4.82. The van der Waals surface area contributed by atoms with E-state index in [1.807, 2.05) is 0 Å². The van der Waals surface area contributed by atoms with Crippen LogP contribution >= 0.6 is 11.6 Å². The SMILES string of the molecule is O=c1[nH]c(Cl)c(C2CCCC2)c(=O)n1C1CCCCC1. The molecule has 0 atom stereocenters. The van der Waals surface area contributed by atoms with Gasteiger partial charge in [0.25, 0.3) is 5.56 Å². The molecule has 0 unspecified atom stereocenters. The summed E-state index contributed by atoms with van der Waals surface area (Å²) in [5.41, 5.74) is 0.167. The molecule has 20 heavy (non-hydrogen) atoms. The van der Waals surface area contributed by atoms with E-state index in [1.54, 1.807) is 0 Å². The summed E-state index contributed by atoms with van der Waals surface area (Å²) in [6.45, 7) is 0. The molecule has 2 saturated carbocycles. The average molecular weight is 297 g/mol. The summed E-state index contributed by atoms with van der Waals surface area (Å²) in [7, 11) is 0. The fourth-order valence-corrected chi connectivity index (χ4v) is 4.09. The van der Waals surface area contributed by atoms with E-state index in [0.717, 1.165) is 51.4 Å². The van der Waals surface area contributed by atoms with Crippen molar-refractivity contribution in [3.05, 3.63) is 31.6 Å². The predicted octanol–water partition coefficient (Wildman–Crippen LogP) is 3.35. The van der Waals surface area contributed by atoms with Gasteiger partial charge in [-0.3, -0.25) is 14.3 Å². The van der Waals surface area contributed by atoms with Crippen molar-refractivity contribution < 1.29 is 0 Å². The third kappa shape index (κ3) is 2.46. The second-order valence-corrected chi connectivity index (χ2v) is 6.48. The van der Waals surface area contributed by atoms with Crippen LogP contribution < -0.4 is 11.2 Å². The fourth-order valence-electron chi connectivity index (χ4n) is 3.78. The van der Waals surface area contributed by atoms with Crippen LogP contribution in [0.25, 0.3) is 0 Å². The Balaban J connectivity index is 2.07. The van der Waals surface area contributed by atoms with Gasteiger partial charge in [-0.2, -0.15) is 0 Å². The van der Waals surface area contributed by atoms with Crippen LogP contribution in [-0.2, 0) is 0 Å². The fraction of sp³-hybridized carbons (Fsp3) is 0.733. The van der Waals surface area contributed by atoms with Crippen molar-refractivity contribution in [1.29, 1.82) is 0 Å². The van der Waals surface area contributed by atoms with Gasteiger partial charge < -0.3 is 0 Å². The van der Waals surface area contributed by atoms with E-state index >= 15 is 0 Å². The molecule has 3 rings (SSSR count). The van der Waals surface area contributed by atoms with E-state index in [9.17, 15) is 9.59 Å². The molecule has 1 heterocycles. The summed E-state index contributed by atoms with van der Waals surface area (Å²) in [6.07, 6.45) is 9.54. The van der Waals surface area contributed by atoms with Crippen molar-refractivity contribution in [1.82, 2.24) is 9.55 Å². The van der Waals surface area contributed by atoms with Gasteiger partial charge >= 0.3 is 5.69 Å². The van der Waals surface area contributed by atoms with Crippen molar-refractivity contribution in [3.63, 3.8) is 0 Å². The van der Waals surface area contributed by atoms with Crippen LogP contribution in [0.5, 0.6) is 0 Å². The second kappa shape index (κ2) is 5.76. The normalized spacial score (nSPS) is 21.4. The van der Waals surface area contributed by atoms with Crippen molar-refractivity contribution >= 4 is 11.6 Å². The van der Waals surface area contributed by atoms with E-state index in [4.69, 9.17) is 11.6 Å². The molecule has 5 heteroatoms. The molecule has 110 valence electrons. The van der Waals surface area contributed by atoms with Gasteiger partial charge in [0.15, 0.2) is 0 Å². The minimum absolute atomic E-state index is 0.0532. The molecule has 0 saturated heterocycles. The zero-order valence-corrected chi connectivity index (χ0v) is 12.4. The number of hydrogen-bond donors (Lipinski definition) is 1. The highest BCUT2D eigenvalue weighted by Crippen LogP contribution is 2.35. The third-order valence-corrected chi connectivity index (χ3v) is 5.12. The Morgan fingerprint density at radius 3 is 2.20 bits per heavy atom. The van der Waals surface area contributed by atoms with Gasteiger partial charge in [-0.15, -0.1) is 0 Å². The molecule has 4 nitrogen and oxygen atoms in total. The number of nitrogens with zero attached hydrogens (tertiary/aromatic N) is 1. The molecule has 0 bridgehead atoms. The van der Waals surface area contributed by atoms with E-state index in [-0.39, 0.29) is 28.4 Å². The number of hydrogen-bond acceptors (Lipinski definition) is 2. The Bertz CT molecular complexity index is 593. The molecule has 2 fully saturated rings. The van der Waals surface area contributed by atoms with E-state index in [2.05, 4.69) is 4.98 Å². The van der Waals surface area contributed by atoms with Crippen molar-refractivity contribution in [2.45, 2.75) is 69.7 Å². The molecule has 1 aromatic rings. The van der Waals surface area contributed by atoms with Crippen LogP contribution in [0.1, 0.15) is 75.3 Å². The number of aromatic amines is 1. The summed E-state index contributed by atoms with van der Waals surface area (Å²) in [6, 6.07) is 0.0532. The molecule has 1 aromatic heterocycles. The molecule has 2 aliphatic carbocycles. The number of nitrogens with one attached hydrogen (secondary N) is 1. The van der Waals surface area contributed by atoms with Gasteiger partial charge in [-0.05, 0) is 31.6 Å². The Hall–Kier alpha value is -1.03. The highest BCUT2D eigenvalue weighted by Gasteiger charge is 2.27. The van der Waals surface area contributed by atoms with E-state index < -0.39 is 0 Å². The van der Waals surface area contributed by atoms with Crippen LogP contribution in [0.2, 0.25) is 5.15 Å².